The molecule has 8 nitrogen and oxygen atoms in total. The maximum Gasteiger partial charge on any atom is 0.233 e. The maximum atomic E-state index is 13.2. The Hall–Kier alpha value is -3.85. The summed E-state index contributed by atoms with van der Waals surface area (Å²) >= 11 is 1.36. The van der Waals surface area contributed by atoms with Gasteiger partial charge in [0.15, 0.2) is 10.9 Å². The third kappa shape index (κ3) is 5.23. The fraction of sp³-hybridized carbons (Fsp3) is 0.333. The summed E-state index contributed by atoms with van der Waals surface area (Å²) in [6, 6.07) is 22.0. The van der Waals surface area contributed by atoms with Crippen LogP contribution in [0.1, 0.15) is 30.4 Å². The second kappa shape index (κ2) is 10.7. The van der Waals surface area contributed by atoms with Crippen LogP contribution in [0, 0.1) is 12.8 Å². The highest BCUT2D eigenvalue weighted by Gasteiger charge is 2.47. The normalized spacial score (nSPS) is 20.7. The highest BCUT2D eigenvalue weighted by molar-refractivity contribution is 7.99. The zero-order valence-corrected chi connectivity index (χ0v) is 22.9. The molecule has 2 amide bonds. The van der Waals surface area contributed by atoms with E-state index in [1.807, 2.05) is 76.7 Å². The van der Waals surface area contributed by atoms with Crippen LogP contribution in [0.3, 0.4) is 0 Å². The molecule has 0 spiro atoms. The number of hydrogen-bond acceptors (Lipinski definition) is 6. The molecule has 1 saturated carbocycles. The summed E-state index contributed by atoms with van der Waals surface area (Å²) in [5.74, 6) is 2.07. The van der Waals surface area contributed by atoms with Gasteiger partial charge in [0.2, 0.25) is 17.6 Å². The van der Waals surface area contributed by atoms with Crippen LogP contribution in [0.2, 0.25) is 0 Å². The number of aromatic nitrogens is 3. The first-order valence-electron chi connectivity index (χ1n) is 13.3. The van der Waals surface area contributed by atoms with E-state index in [2.05, 4.69) is 28.4 Å². The number of hydrogen-bond donors (Lipinski definition) is 0. The van der Waals surface area contributed by atoms with E-state index in [-0.39, 0.29) is 29.5 Å². The van der Waals surface area contributed by atoms with E-state index in [4.69, 9.17) is 4.42 Å². The quantitative estimate of drug-likeness (QED) is 0.313. The van der Waals surface area contributed by atoms with E-state index < -0.39 is 0 Å². The Balaban J connectivity index is 1.09. The van der Waals surface area contributed by atoms with Crippen LogP contribution >= 0.6 is 11.8 Å². The van der Waals surface area contributed by atoms with Crippen molar-refractivity contribution in [1.29, 1.82) is 0 Å². The summed E-state index contributed by atoms with van der Waals surface area (Å²) in [7, 11) is 0. The number of carbonyl (C=O) groups excluding carboxylic acids is 2. The van der Waals surface area contributed by atoms with E-state index in [0.717, 1.165) is 17.7 Å². The van der Waals surface area contributed by atoms with Crippen molar-refractivity contribution in [2.24, 2.45) is 5.92 Å². The Morgan fingerprint density at radius 2 is 1.87 bits per heavy atom. The standard InChI is InChI=1S/C30H31N5O3S/c1-20-8-6-11-23(16-20)35-28(26-12-7-15-38-26)31-32-30(35)39-19-27(36)33-13-14-34(21(2)18-33)29(37)25-17-24(25)22-9-4-3-5-10-22/h3-12,15-16,21,24-25H,13-14,17-19H2,1-2H3. The summed E-state index contributed by atoms with van der Waals surface area (Å²) in [4.78, 5) is 30.3. The second-order valence-electron chi connectivity index (χ2n) is 10.3. The lowest BCUT2D eigenvalue weighted by Gasteiger charge is -2.40. The summed E-state index contributed by atoms with van der Waals surface area (Å²) in [6.07, 6.45) is 2.52. The molecule has 2 aromatic carbocycles. The van der Waals surface area contributed by atoms with Crippen molar-refractivity contribution in [2.75, 3.05) is 25.4 Å². The molecule has 0 bridgehead atoms. The minimum atomic E-state index is -0.0151. The van der Waals surface area contributed by atoms with Crippen LogP contribution in [0.5, 0.6) is 0 Å². The summed E-state index contributed by atoms with van der Waals surface area (Å²) < 4.78 is 7.53. The molecule has 0 N–H and O–H groups in total. The monoisotopic (exact) mass is 541 g/mol. The van der Waals surface area contributed by atoms with E-state index in [9.17, 15) is 9.59 Å². The zero-order valence-electron chi connectivity index (χ0n) is 22.1. The van der Waals surface area contributed by atoms with Crippen molar-refractivity contribution in [3.05, 3.63) is 84.1 Å². The largest absolute Gasteiger partial charge is 0.461 e. The van der Waals surface area contributed by atoms with Crippen LogP contribution in [-0.4, -0.2) is 67.8 Å². The average molecular weight is 542 g/mol. The molecule has 9 heteroatoms. The molecule has 200 valence electrons. The third-order valence-corrected chi connectivity index (χ3v) is 8.47. The summed E-state index contributed by atoms with van der Waals surface area (Å²) in [6.45, 7) is 5.72. The fourth-order valence-corrected chi connectivity index (χ4v) is 6.26. The number of piperazine rings is 1. The predicted octanol–water partition coefficient (Wildman–Crippen LogP) is 4.79. The molecule has 2 aromatic heterocycles. The molecule has 1 aliphatic heterocycles. The molecule has 3 heterocycles. The van der Waals surface area contributed by atoms with Gasteiger partial charge < -0.3 is 14.2 Å². The van der Waals surface area contributed by atoms with Gasteiger partial charge in [-0.15, -0.1) is 10.2 Å². The van der Waals surface area contributed by atoms with Crippen molar-refractivity contribution >= 4 is 23.6 Å². The molecule has 3 unspecified atom stereocenters. The number of thioether (sulfide) groups is 1. The maximum absolute atomic E-state index is 13.2. The van der Waals surface area contributed by atoms with Gasteiger partial charge >= 0.3 is 0 Å². The van der Waals surface area contributed by atoms with Crippen molar-refractivity contribution < 1.29 is 14.0 Å². The zero-order chi connectivity index (χ0) is 26.9. The Bertz CT molecular complexity index is 1470. The second-order valence-corrected chi connectivity index (χ2v) is 11.3. The SMILES string of the molecule is Cc1cccc(-n2c(SCC(=O)N3CCN(C(=O)C4CC4c4ccccc4)C(C)C3)nnc2-c2ccco2)c1. The minimum absolute atomic E-state index is 0.0151. The first kappa shape index (κ1) is 25.4. The molecular weight excluding hydrogens is 510 g/mol. The predicted molar refractivity (Wildman–Crippen MR) is 150 cm³/mol. The number of aryl methyl sites for hydroxylation is 1. The first-order valence-corrected chi connectivity index (χ1v) is 14.3. The van der Waals surface area contributed by atoms with Gasteiger partial charge in [-0.05, 0) is 61.6 Å². The van der Waals surface area contributed by atoms with Gasteiger partial charge in [-0.2, -0.15) is 0 Å². The van der Waals surface area contributed by atoms with E-state index >= 15 is 0 Å². The minimum Gasteiger partial charge on any atom is -0.461 e. The van der Waals surface area contributed by atoms with Crippen LogP contribution in [0.15, 0.2) is 82.6 Å². The molecule has 4 aromatic rings. The molecule has 3 atom stereocenters. The number of benzene rings is 2. The van der Waals surface area contributed by atoms with Gasteiger partial charge in [-0.1, -0.05) is 54.2 Å². The van der Waals surface area contributed by atoms with Gasteiger partial charge in [0.1, 0.15) is 0 Å². The highest BCUT2D eigenvalue weighted by Crippen LogP contribution is 2.48. The fourth-order valence-electron chi connectivity index (χ4n) is 5.41. The molecule has 6 rings (SSSR count). The van der Waals surface area contributed by atoms with Gasteiger partial charge in [0, 0.05) is 31.6 Å². The van der Waals surface area contributed by atoms with Crippen LogP contribution < -0.4 is 0 Å². The van der Waals surface area contributed by atoms with Crippen LogP contribution in [0.25, 0.3) is 17.3 Å². The van der Waals surface area contributed by atoms with Crippen molar-refractivity contribution in [1.82, 2.24) is 24.6 Å². The lowest BCUT2D eigenvalue weighted by Crippen LogP contribution is -2.56. The molecule has 39 heavy (non-hydrogen) atoms. The lowest BCUT2D eigenvalue weighted by atomic mass is 10.1. The first-order chi connectivity index (χ1) is 19.0. The van der Waals surface area contributed by atoms with Crippen molar-refractivity contribution in [2.45, 2.75) is 37.4 Å². The van der Waals surface area contributed by atoms with E-state index in [1.165, 1.54) is 17.3 Å². The molecule has 1 aliphatic carbocycles. The lowest BCUT2D eigenvalue weighted by molar-refractivity contribution is -0.142. The number of rotatable bonds is 7. The number of nitrogens with zero attached hydrogens (tertiary/aromatic N) is 5. The topological polar surface area (TPSA) is 84.5 Å². The molecule has 0 radical (unpaired) electrons. The van der Waals surface area contributed by atoms with Gasteiger partial charge in [0.05, 0.1) is 17.7 Å². The summed E-state index contributed by atoms with van der Waals surface area (Å²) in [5, 5.41) is 9.40. The average Bonchev–Trinajstić information content (AvgIpc) is 3.34. The Labute approximate surface area is 232 Å². The van der Waals surface area contributed by atoms with E-state index in [0.29, 0.717) is 42.3 Å². The number of furan rings is 1. The van der Waals surface area contributed by atoms with Crippen LogP contribution in [0.4, 0.5) is 0 Å². The number of carbonyl (C=O) groups is 2. The highest BCUT2D eigenvalue weighted by atomic mass is 32.2. The molecule has 2 aliphatic rings. The molecule has 1 saturated heterocycles. The number of amides is 2. The Kier molecular flexibility index (Phi) is 6.99. The van der Waals surface area contributed by atoms with Crippen LogP contribution in [-0.2, 0) is 9.59 Å². The van der Waals surface area contributed by atoms with Gasteiger partial charge in [0.25, 0.3) is 0 Å². The Morgan fingerprint density at radius 1 is 1.03 bits per heavy atom. The van der Waals surface area contributed by atoms with Crippen molar-refractivity contribution in [3.8, 4) is 17.3 Å². The molecular formula is C30H31N5O3S. The van der Waals surface area contributed by atoms with Crippen molar-refractivity contribution in [3.63, 3.8) is 0 Å². The third-order valence-electron chi connectivity index (χ3n) is 7.56. The smallest absolute Gasteiger partial charge is 0.233 e. The van der Waals surface area contributed by atoms with Gasteiger partial charge in [-0.3, -0.25) is 14.2 Å². The Morgan fingerprint density at radius 3 is 2.62 bits per heavy atom. The van der Waals surface area contributed by atoms with Gasteiger partial charge in [-0.25, -0.2) is 0 Å². The van der Waals surface area contributed by atoms with E-state index in [1.54, 1.807) is 6.26 Å². The molecule has 2 fully saturated rings. The summed E-state index contributed by atoms with van der Waals surface area (Å²) in [5.41, 5.74) is 3.26.